The fraction of sp³-hybridized carbons (Fsp3) is 0.174. The Bertz CT molecular complexity index is 1290. The summed E-state index contributed by atoms with van der Waals surface area (Å²) >= 11 is 0. The molecule has 0 aliphatic rings. The molecule has 0 saturated carbocycles. The molecule has 0 atom stereocenters. The Morgan fingerprint density at radius 1 is 0.970 bits per heavy atom. The molecule has 4 rings (SSSR count). The number of ether oxygens (including phenoxy) is 1. The molecule has 2 heterocycles. The van der Waals surface area contributed by atoms with Crippen molar-refractivity contribution in [2.45, 2.75) is 19.3 Å². The molecule has 0 unspecified atom stereocenters. The number of rotatable bonds is 7. The average molecular weight is 458 g/mol. The first-order valence-electron chi connectivity index (χ1n) is 9.89. The number of alkyl halides is 2. The number of hydrogen-bond donors (Lipinski definition) is 2. The van der Waals surface area contributed by atoms with E-state index in [4.69, 9.17) is 4.74 Å². The number of nitrogens with zero attached hydrogens (tertiary/aromatic N) is 3. The van der Waals surface area contributed by atoms with Gasteiger partial charge >= 0.3 is 0 Å². The molecule has 0 amide bonds. The molecule has 2 aromatic heterocycles. The van der Waals surface area contributed by atoms with Crippen LogP contribution in [-0.4, -0.2) is 26.6 Å². The third kappa shape index (κ3) is 4.79. The summed E-state index contributed by atoms with van der Waals surface area (Å²) < 4.78 is 60.6. The van der Waals surface area contributed by atoms with Crippen molar-refractivity contribution in [1.29, 1.82) is 0 Å². The first-order valence-corrected chi connectivity index (χ1v) is 9.89. The Kier molecular flexibility index (Phi) is 5.99. The number of fused-ring (bicyclic) bond motifs is 1. The lowest BCUT2D eigenvalue weighted by Crippen LogP contribution is -2.08. The largest absolute Gasteiger partial charge is 0.503 e. The maximum absolute atomic E-state index is 14.2. The number of aromatic hydroxyl groups is 1. The van der Waals surface area contributed by atoms with Gasteiger partial charge in [0.05, 0.1) is 10.9 Å². The summed E-state index contributed by atoms with van der Waals surface area (Å²) in [5.74, 6) is -5.08. The summed E-state index contributed by atoms with van der Waals surface area (Å²) in [6.07, 6.45) is 2.81. The van der Waals surface area contributed by atoms with Crippen LogP contribution in [0.15, 0.2) is 55.0 Å². The van der Waals surface area contributed by atoms with Crippen molar-refractivity contribution in [2.24, 2.45) is 0 Å². The van der Waals surface area contributed by atoms with E-state index in [-0.39, 0.29) is 22.6 Å². The Morgan fingerprint density at radius 2 is 1.70 bits per heavy atom. The highest BCUT2D eigenvalue weighted by atomic mass is 19.3. The van der Waals surface area contributed by atoms with E-state index >= 15 is 0 Å². The van der Waals surface area contributed by atoms with Gasteiger partial charge in [-0.2, -0.15) is 0 Å². The van der Waals surface area contributed by atoms with Crippen molar-refractivity contribution >= 4 is 16.7 Å². The molecule has 0 radical (unpaired) electrons. The van der Waals surface area contributed by atoms with Gasteiger partial charge in [-0.1, -0.05) is 12.1 Å². The summed E-state index contributed by atoms with van der Waals surface area (Å²) in [6.45, 7) is 1.04. The summed E-state index contributed by atoms with van der Waals surface area (Å²) in [5.41, 5.74) is 0.199. The fourth-order valence-electron chi connectivity index (χ4n) is 3.26. The van der Waals surface area contributed by atoms with E-state index in [0.717, 1.165) is 36.3 Å². The van der Waals surface area contributed by atoms with Gasteiger partial charge in [0.15, 0.2) is 5.75 Å². The van der Waals surface area contributed by atoms with Crippen LogP contribution in [0.1, 0.15) is 18.1 Å². The number of pyridine rings is 1. The van der Waals surface area contributed by atoms with Gasteiger partial charge in [-0.25, -0.2) is 32.5 Å². The summed E-state index contributed by atoms with van der Waals surface area (Å²) in [5, 5.41) is 13.0. The number of hydrogen-bond acceptors (Lipinski definition) is 6. The Labute approximate surface area is 185 Å². The van der Waals surface area contributed by atoms with Crippen LogP contribution in [0.25, 0.3) is 10.9 Å². The SMILES string of the molecule is CC(F)(F)c1ccnc(Oc2ccc(CCNc3ncnc4c(F)ccc(F)c34)cc2)c1O. The second-order valence-electron chi connectivity index (χ2n) is 7.30. The molecule has 0 aliphatic carbocycles. The Hall–Kier alpha value is -3.95. The lowest BCUT2D eigenvalue weighted by atomic mass is 10.1. The monoisotopic (exact) mass is 458 g/mol. The van der Waals surface area contributed by atoms with Crippen LogP contribution >= 0.6 is 0 Å². The van der Waals surface area contributed by atoms with Crippen LogP contribution in [0.2, 0.25) is 0 Å². The van der Waals surface area contributed by atoms with Crippen LogP contribution in [0.4, 0.5) is 23.4 Å². The Balaban J connectivity index is 1.42. The highest BCUT2D eigenvalue weighted by Gasteiger charge is 2.30. The second-order valence-corrected chi connectivity index (χ2v) is 7.30. The average Bonchev–Trinajstić information content (AvgIpc) is 2.78. The minimum absolute atomic E-state index is 0.0200. The molecule has 0 fully saturated rings. The summed E-state index contributed by atoms with van der Waals surface area (Å²) in [6, 6.07) is 9.74. The third-order valence-electron chi connectivity index (χ3n) is 4.90. The second kappa shape index (κ2) is 8.89. The van der Waals surface area contributed by atoms with Crippen LogP contribution in [0.3, 0.4) is 0 Å². The molecule has 6 nitrogen and oxygen atoms in total. The van der Waals surface area contributed by atoms with Crippen LogP contribution in [0.5, 0.6) is 17.4 Å². The van der Waals surface area contributed by atoms with Gasteiger partial charge in [-0.3, -0.25) is 0 Å². The van der Waals surface area contributed by atoms with Crippen molar-refractivity contribution in [3.05, 3.63) is 77.8 Å². The van der Waals surface area contributed by atoms with Gasteiger partial charge < -0.3 is 15.2 Å². The molecule has 0 saturated heterocycles. The highest BCUT2D eigenvalue weighted by Crippen LogP contribution is 2.39. The van der Waals surface area contributed by atoms with Gasteiger partial charge in [-0.05, 0) is 42.3 Å². The van der Waals surface area contributed by atoms with Gasteiger partial charge in [-0.15, -0.1) is 0 Å². The molecule has 2 aromatic carbocycles. The Morgan fingerprint density at radius 3 is 2.42 bits per heavy atom. The molecular weight excluding hydrogens is 440 g/mol. The topological polar surface area (TPSA) is 80.2 Å². The first kappa shape index (κ1) is 22.3. The zero-order valence-electron chi connectivity index (χ0n) is 17.3. The molecule has 10 heteroatoms. The van der Waals surface area contributed by atoms with Gasteiger partial charge in [0.25, 0.3) is 11.8 Å². The molecule has 33 heavy (non-hydrogen) atoms. The molecule has 0 aliphatic heterocycles. The number of benzene rings is 2. The van der Waals surface area contributed by atoms with E-state index in [1.807, 2.05) is 0 Å². The molecule has 0 bridgehead atoms. The maximum Gasteiger partial charge on any atom is 0.274 e. The van der Waals surface area contributed by atoms with E-state index in [1.54, 1.807) is 24.3 Å². The fourth-order valence-corrected chi connectivity index (χ4v) is 3.26. The van der Waals surface area contributed by atoms with E-state index in [0.29, 0.717) is 25.6 Å². The predicted molar refractivity (Wildman–Crippen MR) is 114 cm³/mol. The molecule has 170 valence electrons. The van der Waals surface area contributed by atoms with Crippen LogP contribution < -0.4 is 10.1 Å². The molecular formula is C23H18F4N4O2. The van der Waals surface area contributed by atoms with E-state index in [2.05, 4.69) is 20.3 Å². The minimum Gasteiger partial charge on any atom is -0.503 e. The number of aromatic nitrogens is 3. The van der Waals surface area contributed by atoms with Crippen molar-refractivity contribution < 1.29 is 27.4 Å². The lowest BCUT2D eigenvalue weighted by molar-refractivity contribution is 0.0147. The molecule has 0 spiro atoms. The lowest BCUT2D eigenvalue weighted by Gasteiger charge is -2.14. The maximum atomic E-state index is 14.2. The third-order valence-corrected chi connectivity index (χ3v) is 4.90. The first-order chi connectivity index (χ1) is 15.7. The van der Waals surface area contributed by atoms with Crippen LogP contribution in [0, 0.1) is 11.6 Å². The summed E-state index contributed by atoms with van der Waals surface area (Å²) in [7, 11) is 0. The van der Waals surface area contributed by atoms with Crippen molar-refractivity contribution in [3.8, 4) is 17.4 Å². The van der Waals surface area contributed by atoms with E-state index in [1.165, 1.54) is 0 Å². The van der Waals surface area contributed by atoms with E-state index < -0.39 is 28.9 Å². The van der Waals surface area contributed by atoms with Gasteiger partial charge in [0, 0.05) is 19.7 Å². The normalized spacial score (nSPS) is 11.5. The highest BCUT2D eigenvalue weighted by molar-refractivity contribution is 5.89. The van der Waals surface area contributed by atoms with Gasteiger partial charge in [0.1, 0.15) is 35.0 Å². The zero-order valence-corrected chi connectivity index (χ0v) is 17.3. The number of halogens is 4. The molecule has 2 N–H and O–H groups in total. The van der Waals surface area contributed by atoms with Crippen molar-refractivity contribution in [3.63, 3.8) is 0 Å². The smallest absolute Gasteiger partial charge is 0.274 e. The van der Waals surface area contributed by atoms with Crippen molar-refractivity contribution in [1.82, 2.24) is 15.0 Å². The minimum atomic E-state index is -3.24. The standard InChI is InChI=1S/C23H18F4N4O2/c1-23(26,27)15-9-11-29-22(20(15)32)33-14-4-2-13(3-5-14)8-10-28-21-18-16(24)6-7-17(25)19(18)30-12-31-21/h2-7,9,11-12,32H,8,10H2,1H3,(H,28,30,31). The zero-order chi connectivity index (χ0) is 23.6. The van der Waals surface area contributed by atoms with E-state index in [9.17, 15) is 22.7 Å². The molecule has 4 aromatic rings. The summed E-state index contributed by atoms with van der Waals surface area (Å²) in [4.78, 5) is 11.6. The van der Waals surface area contributed by atoms with Crippen LogP contribution in [-0.2, 0) is 12.3 Å². The van der Waals surface area contributed by atoms with Crippen molar-refractivity contribution in [2.75, 3.05) is 11.9 Å². The van der Waals surface area contributed by atoms with Gasteiger partial charge in [0.2, 0.25) is 0 Å². The quantitative estimate of drug-likeness (QED) is 0.353. The number of nitrogens with one attached hydrogen (secondary N) is 1. The predicted octanol–water partition coefficient (Wildman–Crippen LogP) is 5.57. The number of anilines is 1.